The zero-order chi connectivity index (χ0) is 18.7. The zero-order valence-electron chi connectivity index (χ0n) is 13.6. The van der Waals surface area contributed by atoms with Crippen LogP contribution in [-0.4, -0.2) is 33.5 Å². The lowest BCUT2D eigenvalue weighted by molar-refractivity contribution is -0.115. The summed E-state index contributed by atoms with van der Waals surface area (Å²) in [7, 11) is 1.56. The Kier molecular flexibility index (Phi) is 5.70. The number of thioether (sulfide) groups is 1. The lowest BCUT2D eigenvalue weighted by Gasteiger charge is -2.14. The second-order valence-corrected chi connectivity index (χ2v) is 7.04. The summed E-state index contributed by atoms with van der Waals surface area (Å²) >= 11 is 13.5. The minimum atomic E-state index is -0.452. The highest BCUT2D eigenvalue weighted by Crippen LogP contribution is 2.34. The molecule has 134 valence electrons. The van der Waals surface area contributed by atoms with Crippen LogP contribution in [0.15, 0.2) is 47.6 Å². The molecule has 0 saturated heterocycles. The fourth-order valence-electron chi connectivity index (χ4n) is 2.37. The maximum absolute atomic E-state index is 11.2. The lowest BCUT2D eigenvalue weighted by atomic mass is 10.2. The van der Waals surface area contributed by atoms with Crippen molar-refractivity contribution in [3.63, 3.8) is 0 Å². The molecule has 0 aliphatic carbocycles. The molecule has 1 aromatic heterocycles. The second kappa shape index (κ2) is 7.99. The number of amides is 1. The van der Waals surface area contributed by atoms with Crippen LogP contribution in [0.2, 0.25) is 10.0 Å². The molecular formula is C17H14Cl2N4O2S. The van der Waals surface area contributed by atoms with Crippen LogP contribution in [-0.2, 0) is 4.79 Å². The van der Waals surface area contributed by atoms with Crippen LogP contribution in [0.5, 0.6) is 5.75 Å². The molecule has 0 fully saturated rings. The molecule has 0 aliphatic heterocycles. The van der Waals surface area contributed by atoms with Crippen LogP contribution in [0.25, 0.3) is 17.1 Å². The first-order chi connectivity index (χ1) is 12.5. The van der Waals surface area contributed by atoms with Crippen LogP contribution in [0.3, 0.4) is 0 Å². The molecule has 1 heterocycles. The van der Waals surface area contributed by atoms with E-state index < -0.39 is 5.91 Å². The maximum Gasteiger partial charge on any atom is 0.227 e. The molecule has 26 heavy (non-hydrogen) atoms. The molecule has 0 aliphatic rings. The van der Waals surface area contributed by atoms with Gasteiger partial charge in [-0.1, -0.05) is 47.1 Å². The summed E-state index contributed by atoms with van der Waals surface area (Å²) in [6.45, 7) is 0. The fraction of sp³-hybridized carbons (Fsp3) is 0.118. The normalized spacial score (nSPS) is 10.7. The maximum atomic E-state index is 11.2. The van der Waals surface area contributed by atoms with Gasteiger partial charge in [-0.2, -0.15) is 0 Å². The van der Waals surface area contributed by atoms with Crippen molar-refractivity contribution in [1.29, 1.82) is 0 Å². The summed E-state index contributed by atoms with van der Waals surface area (Å²) in [6, 6.07) is 12.5. The van der Waals surface area contributed by atoms with Crippen molar-refractivity contribution in [3.8, 4) is 22.8 Å². The molecule has 0 saturated carbocycles. The summed E-state index contributed by atoms with van der Waals surface area (Å²) in [5.74, 6) is 0.738. The molecule has 2 N–H and O–H groups in total. The van der Waals surface area contributed by atoms with Crippen molar-refractivity contribution in [1.82, 2.24) is 14.8 Å². The van der Waals surface area contributed by atoms with Crippen LogP contribution in [0.4, 0.5) is 0 Å². The van der Waals surface area contributed by atoms with Gasteiger partial charge >= 0.3 is 0 Å². The van der Waals surface area contributed by atoms with Gasteiger partial charge < -0.3 is 10.5 Å². The smallest absolute Gasteiger partial charge is 0.227 e. The minimum Gasteiger partial charge on any atom is -0.495 e. The molecule has 0 radical (unpaired) electrons. The summed E-state index contributed by atoms with van der Waals surface area (Å²) in [5.41, 5.74) is 6.67. The monoisotopic (exact) mass is 408 g/mol. The van der Waals surface area contributed by atoms with Crippen molar-refractivity contribution >= 4 is 40.9 Å². The topological polar surface area (TPSA) is 83.0 Å². The molecule has 9 heteroatoms. The first kappa shape index (κ1) is 18.6. The van der Waals surface area contributed by atoms with Crippen molar-refractivity contribution < 1.29 is 9.53 Å². The van der Waals surface area contributed by atoms with Gasteiger partial charge in [-0.05, 0) is 30.3 Å². The van der Waals surface area contributed by atoms with E-state index in [0.717, 1.165) is 5.56 Å². The van der Waals surface area contributed by atoms with Crippen molar-refractivity contribution in [3.05, 3.63) is 52.5 Å². The van der Waals surface area contributed by atoms with E-state index >= 15 is 0 Å². The van der Waals surface area contributed by atoms with Crippen molar-refractivity contribution in [2.45, 2.75) is 5.16 Å². The Balaban J connectivity index is 2.21. The largest absolute Gasteiger partial charge is 0.495 e. The van der Waals surface area contributed by atoms with Gasteiger partial charge in [0.1, 0.15) is 5.75 Å². The van der Waals surface area contributed by atoms with Gasteiger partial charge in [-0.15, -0.1) is 10.2 Å². The Morgan fingerprint density at radius 3 is 2.65 bits per heavy atom. The molecular weight excluding hydrogens is 395 g/mol. The molecule has 0 atom stereocenters. The first-order valence-corrected chi connectivity index (χ1v) is 9.20. The van der Waals surface area contributed by atoms with Gasteiger partial charge in [-0.25, -0.2) is 0 Å². The van der Waals surface area contributed by atoms with E-state index in [0.29, 0.717) is 32.5 Å². The number of benzene rings is 2. The molecule has 3 aromatic rings. The molecule has 1 amide bonds. The van der Waals surface area contributed by atoms with Gasteiger partial charge in [0.25, 0.3) is 0 Å². The Morgan fingerprint density at radius 1 is 1.19 bits per heavy atom. The van der Waals surface area contributed by atoms with E-state index in [-0.39, 0.29) is 5.75 Å². The average Bonchev–Trinajstić information content (AvgIpc) is 3.03. The summed E-state index contributed by atoms with van der Waals surface area (Å²) in [6.07, 6.45) is 0. The van der Waals surface area contributed by atoms with E-state index in [9.17, 15) is 4.79 Å². The quantitative estimate of drug-likeness (QED) is 0.626. The van der Waals surface area contributed by atoms with E-state index in [1.165, 1.54) is 11.8 Å². The third-order valence-electron chi connectivity index (χ3n) is 3.44. The summed E-state index contributed by atoms with van der Waals surface area (Å²) in [4.78, 5) is 11.2. The third-order valence-corrected chi connectivity index (χ3v) is 4.86. The van der Waals surface area contributed by atoms with Gasteiger partial charge in [-0.3, -0.25) is 9.36 Å². The number of rotatable bonds is 6. The standard InChI is InChI=1S/C17H14Cl2N4O2S/c1-25-14-6-5-12(19)8-13(14)23-16(10-3-2-4-11(18)7-10)21-22-17(23)26-9-15(20)24/h2-8H,9H2,1H3,(H2,20,24). The molecule has 0 bridgehead atoms. The van der Waals surface area contributed by atoms with Gasteiger partial charge in [0, 0.05) is 15.6 Å². The highest BCUT2D eigenvalue weighted by Gasteiger charge is 2.20. The summed E-state index contributed by atoms with van der Waals surface area (Å²) in [5, 5.41) is 10.1. The van der Waals surface area contributed by atoms with E-state index in [1.807, 2.05) is 12.1 Å². The van der Waals surface area contributed by atoms with Crippen molar-refractivity contribution in [2.75, 3.05) is 12.9 Å². The Labute approximate surface area is 164 Å². The van der Waals surface area contributed by atoms with Crippen LogP contribution in [0, 0.1) is 0 Å². The number of hydrogen-bond acceptors (Lipinski definition) is 5. The zero-order valence-corrected chi connectivity index (χ0v) is 16.0. The van der Waals surface area contributed by atoms with E-state index in [2.05, 4.69) is 10.2 Å². The van der Waals surface area contributed by atoms with Crippen LogP contribution in [0.1, 0.15) is 0 Å². The Morgan fingerprint density at radius 2 is 1.96 bits per heavy atom. The van der Waals surface area contributed by atoms with Crippen LogP contribution >= 0.6 is 35.0 Å². The lowest BCUT2D eigenvalue weighted by Crippen LogP contribution is -2.13. The van der Waals surface area contributed by atoms with E-state index in [4.69, 9.17) is 33.7 Å². The number of primary amides is 1. The minimum absolute atomic E-state index is 0.0660. The molecule has 6 nitrogen and oxygen atoms in total. The number of nitrogens with two attached hydrogens (primary N) is 1. The number of carbonyl (C=O) groups is 1. The molecule has 3 rings (SSSR count). The number of methoxy groups -OCH3 is 1. The highest BCUT2D eigenvalue weighted by molar-refractivity contribution is 7.99. The number of halogens is 2. The highest BCUT2D eigenvalue weighted by atomic mass is 35.5. The number of ether oxygens (including phenoxy) is 1. The molecule has 0 spiro atoms. The second-order valence-electron chi connectivity index (χ2n) is 5.22. The Bertz CT molecular complexity index is 962. The van der Waals surface area contributed by atoms with Gasteiger partial charge in [0.15, 0.2) is 11.0 Å². The first-order valence-electron chi connectivity index (χ1n) is 7.46. The number of aromatic nitrogens is 3. The van der Waals surface area contributed by atoms with Crippen LogP contribution < -0.4 is 10.5 Å². The molecule has 2 aromatic carbocycles. The van der Waals surface area contributed by atoms with Crippen molar-refractivity contribution in [2.24, 2.45) is 5.73 Å². The van der Waals surface area contributed by atoms with E-state index in [1.54, 1.807) is 42.0 Å². The predicted molar refractivity (Wildman–Crippen MR) is 103 cm³/mol. The number of hydrogen-bond donors (Lipinski definition) is 1. The van der Waals surface area contributed by atoms with Gasteiger partial charge in [0.2, 0.25) is 5.91 Å². The Hall–Kier alpha value is -2.22. The predicted octanol–water partition coefficient (Wildman–Crippen LogP) is 3.83. The third kappa shape index (κ3) is 3.95. The molecule has 0 unspecified atom stereocenters. The average molecular weight is 409 g/mol. The number of carbonyl (C=O) groups excluding carboxylic acids is 1. The summed E-state index contributed by atoms with van der Waals surface area (Å²) < 4.78 is 7.23. The number of nitrogens with zero attached hydrogens (tertiary/aromatic N) is 3. The SMILES string of the molecule is COc1ccc(Cl)cc1-n1c(SCC(N)=O)nnc1-c1cccc(Cl)c1. The van der Waals surface area contributed by atoms with Gasteiger partial charge in [0.05, 0.1) is 18.6 Å². The fourth-order valence-corrected chi connectivity index (χ4v) is 3.41.